The Balaban J connectivity index is 1.88. The van der Waals surface area contributed by atoms with Crippen molar-refractivity contribution in [2.75, 3.05) is 13.1 Å². The lowest BCUT2D eigenvalue weighted by molar-refractivity contribution is 0.637. The topological polar surface area (TPSA) is 42.2 Å². The SMILES string of the molecule is CCCCNCC(C)Sc1nnc2ccccn12. The quantitative estimate of drug-likeness (QED) is 0.616. The number of hydrogen-bond acceptors (Lipinski definition) is 4. The van der Waals surface area contributed by atoms with Crippen molar-refractivity contribution in [2.24, 2.45) is 0 Å². The third-order valence-corrected chi connectivity index (χ3v) is 3.79. The van der Waals surface area contributed by atoms with Gasteiger partial charge < -0.3 is 5.32 Å². The van der Waals surface area contributed by atoms with Crippen LogP contribution < -0.4 is 5.32 Å². The second-order valence-corrected chi connectivity index (χ2v) is 5.80. The second-order valence-electron chi connectivity index (χ2n) is 4.40. The molecule has 0 spiro atoms. The first-order chi connectivity index (χ1) is 8.81. The largest absolute Gasteiger partial charge is 0.316 e. The van der Waals surface area contributed by atoms with Gasteiger partial charge in [-0.05, 0) is 25.1 Å². The molecule has 0 aliphatic carbocycles. The van der Waals surface area contributed by atoms with Gasteiger partial charge in [-0.2, -0.15) is 0 Å². The predicted molar refractivity (Wildman–Crippen MR) is 76.1 cm³/mol. The number of nitrogens with zero attached hydrogens (tertiary/aromatic N) is 3. The van der Waals surface area contributed by atoms with E-state index < -0.39 is 0 Å². The highest BCUT2D eigenvalue weighted by Gasteiger charge is 2.10. The van der Waals surface area contributed by atoms with Crippen molar-refractivity contribution in [2.45, 2.75) is 37.1 Å². The Labute approximate surface area is 112 Å². The molecule has 5 heteroatoms. The summed E-state index contributed by atoms with van der Waals surface area (Å²) in [5, 5.41) is 13.3. The van der Waals surface area contributed by atoms with Gasteiger partial charge in [0.1, 0.15) is 0 Å². The van der Waals surface area contributed by atoms with E-state index >= 15 is 0 Å². The van der Waals surface area contributed by atoms with Crippen LogP contribution in [0.5, 0.6) is 0 Å². The van der Waals surface area contributed by atoms with E-state index in [4.69, 9.17) is 0 Å². The lowest BCUT2D eigenvalue weighted by atomic mass is 10.3. The standard InChI is InChI=1S/C13H20N4S/c1-3-4-8-14-10-11(2)18-13-16-15-12-7-5-6-9-17(12)13/h5-7,9,11,14H,3-4,8,10H2,1-2H3. The number of hydrogen-bond donors (Lipinski definition) is 1. The molecule has 1 atom stereocenters. The summed E-state index contributed by atoms with van der Waals surface area (Å²) in [5.41, 5.74) is 0.908. The average Bonchev–Trinajstić information content (AvgIpc) is 2.78. The van der Waals surface area contributed by atoms with Crippen molar-refractivity contribution in [3.63, 3.8) is 0 Å². The number of thioether (sulfide) groups is 1. The van der Waals surface area contributed by atoms with Crippen molar-refractivity contribution in [3.8, 4) is 0 Å². The molecule has 1 N–H and O–H groups in total. The number of fused-ring (bicyclic) bond motifs is 1. The summed E-state index contributed by atoms with van der Waals surface area (Å²) >= 11 is 1.76. The van der Waals surface area contributed by atoms with Crippen molar-refractivity contribution < 1.29 is 0 Å². The molecule has 0 saturated heterocycles. The fraction of sp³-hybridized carbons (Fsp3) is 0.538. The molecule has 2 aromatic rings. The lowest BCUT2D eigenvalue weighted by Crippen LogP contribution is -2.23. The Bertz CT molecular complexity index is 483. The molecule has 18 heavy (non-hydrogen) atoms. The maximum absolute atomic E-state index is 4.23. The summed E-state index contributed by atoms with van der Waals surface area (Å²) in [6, 6.07) is 5.96. The van der Waals surface area contributed by atoms with Crippen LogP contribution in [0.25, 0.3) is 5.65 Å². The van der Waals surface area contributed by atoms with Gasteiger partial charge in [-0.15, -0.1) is 10.2 Å². The molecule has 0 aromatic carbocycles. The van der Waals surface area contributed by atoms with E-state index in [2.05, 4.69) is 29.4 Å². The zero-order valence-corrected chi connectivity index (χ0v) is 11.8. The van der Waals surface area contributed by atoms with Gasteiger partial charge in [-0.1, -0.05) is 38.1 Å². The van der Waals surface area contributed by atoms with Gasteiger partial charge in [0.25, 0.3) is 0 Å². The highest BCUT2D eigenvalue weighted by atomic mass is 32.2. The molecule has 0 amide bonds. The van der Waals surface area contributed by atoms with E-state index in [1.54, 1.807) is 11.8 Å². The average molecular weight is 264 g/mol. The smallest absolute Gasteiger partial charge is 0.195 e. The van der Waals surface area contributed by atoms with E-state index in [0.717, 1.165) is 23.9 Å². The molecule has 2 aromatic heterocycles. The summed E-state index contributed by atoms with van der Waals surface area (Å²) in [6.45, 7) is 6.53. The third kappa shape index (κ3) is 3.46. The van der Waals surface area contributed by atoms with Gasteiger partial charge in [0.15, 0.2) is 10.8 Å². The van der Waals surface area contributed by atoms with Crippen LogP contribution in [-0.2, 0) is 0 Å². The van der Waals surface area contributed by atoms with Crippen molar-refractivity contribution in [1.82, 2.24) is 19.9 Å². The first-order valence-corrected chi connectivity index (χ1v) is 7.36. The van der Waals surface area contributed by atoms with E-state index in [1.165, 1.54) is 12.8 Å². The molecular formula is C13H20N4S. The van der Waals surface area contributed by atoms with Gasteiger partial charge in [0.2, 0.25) is 0 Å². The first kappa shape index (κ1) is 13.4. The van der Waals surface area contributed by atoms with Gasteiger partial charge in [-0.25, -0.2) is 0 Å². The third-order valence-electron chi connectivity index (χ3n) is 2.73. The van der Waals surface area contributed by atoms with Crippen molar-refractivity contribution in [1.29, 1.82) is 0 Å². The molecule has 4 nitrogen and oxygen atoms in total. The van der Waals surface area contributed by atoms with Gasteiger partial charge in [0.05, 0.1) is 0 Å². The maximum Gasteiger partial charge on any atom is 0.195 e. The molecular weight excluding hydrogens is 244 g/mol. The number of aromatic nitrogens is 3. The van der Waals surface area contributed by atoms with Crippen LogP contribution in [0.3, 0.4) is 0 Å². The van der Waals surface area contributed by atoms with Crippen LogP contribution in [0.15, 0.2) is 29.6 Å². The summed E-state index contributed by atoms with van der Waals surface area (Å²) in [7, 11) is 0. The summed E-state index contributed by atoms with van der Waals surface area (Å²) < 4.78 is 2.03. The van der Waals surface area contributed by atoms with Crippen LogP contribution in [0.4, 0.5) is 0 Å². The Morgan fingerprint density at radius 2 is 2.28 bits per heavy atom. The minimum atomic E-state index is 0.495. The van der Waals surface area contributed by atoms with E-state index in [0.29, 0.717) is 5.25 Å². The van der Waals surface area contributed by atoms with Gasteiger partial charge in [-0.3, -0.25) is 4.40 Å². The molecule has 1 unspecified atom stereocenters. The van der Waals surface area contributed by atoms with Crippen LogP contribution in [0, 0.1) is 0 Å². The van der Waals surface area contributed by atoms with Crippen LogP contribution in [-0.4, -0.2) is 32.9 Å². The molecule has 0 saturated carbocycles. The number of nitrogens with one attached hydrogen (secondary N) is 1. The Morgan fingerprint density at radius 1 is 1.39 bits per heavy atom. The van der Waals surface area contributed by atoms with Crippen LogP contribution >= 0.6 is 11.8 Å². The highest BCUT2D eigenvalue weighted by molar-refractivity contribution is 7.99. The number of unbranched alkanes of at least 4 members (excludes halogenated alkanes) is 1. The normalized spacial score (nSPS) is 13.0. The van der Waals surface area contributed by atoms with Crippen molar-refractivity contribution >= 4 is 17.4 Å². The van der Waals surface area contributed by atoms with Gasteiger partial charge in [0, 0.05) is 18.0 Å². The summed E-state index contributed by atoms with van der Waals surface area (Å²) in [5.74, 6) is 0. The summed E-state index contributed by atoms with van der Waals surface area (Å²) in [4.78, 5) is 0. The number of pyridine rings is 1. The minimum Gasteiger partial charge on any atom is -0.316 e. The molecule has 0 radical (unpaired) electrons. The molecule has 0 aliphatic heterocycles. The minimum absolute atomic E-state index is 0.495. The Hall–Kier alpha value is -1.07. The molecule has 0 aliphatic rings. The number of rotatable bonds is 7. The molecule has 2 rings (SSSR count). The van der Waals surface area contributed by atoms with E-state index in [1.807, 2.05) is 28.8 Å². The maximum atomic E-state index is 4.23. The lowest BCUT2D eigenvalue weighted by Gasteiger charge is -2.10. The van der Waals surface area contributed by atoms with Crippen molar-refractivity contribution in [3.05, 3.63) is 24.4 Å². The van der Waals surface area contributed by atoms with Gasteiger partial charge >= 0.3 is 0 Å². The molecule has 98 valence electrons. The first-order valence-electron chi connectivity index (χ1n) is 6.48. The van der Waals surface area contributed by atoms with Crippen LogP contribution in [0.2, 0.25) is 0 Å². The second kappa shape index (κ2) is 6.75. The van der Waals surface area contributed by atoms with E-state index in [-0.39, 0.29) is 0 Å². The predicted octanol–water partition coefficient (Wildman–Crippen LogP) is 2.60. The fourth-order valence-corrected chi connectivity index (χ4v) is 2.65. The molecule has 0 bridgehead atoms. The molecule has 2 heterocycles. The zero-order valence-electron chi connectivity index (χ0n) is 11.0. The summed E-state index contributed by atoms with van der Waals surface area (Å²) in [6.07, 6.45) is 4.49. The molecule has 0 fully saturated rings. The fourth-order valence-electron chi connectivity index (χ4n) is 1.73. The Morgan fingerprint density at radius 3 is 3.11 bits per heavy atom. The van der Waals surface area contributed by atoms with E-state index in [9.17, 15) is 0 Å². The monoisotopic (exact) mass is 264 g/mol. The van der Waals surface area contributed by atoms with Crippen LogP contribution in [0.1, 0.15) is 26.7 Å². The highest BCUT2D eigenvalue weighted by Crippen LogP contribution is 2.21. The zero-order chi connectivity index (χ0) is 12.8. The Kier molecular flexibility index (Phi) is 5.01.